The van der Waals surface area contributed by atoms with Crippen molar-refractivity contribution in [2.45, 2.75) is 44.3 Å². The maximum Gasteiger partial charge on any atom is 0.0764 e. The van der Waals surface area contributed by atoms with Crippen LogP contribution in [0.15, 0.2) is 0 Å². The molecule has 2 saturated carbocycles. The number of nitrogens with one attached hydrogen (secondary N) is 4. The molecule has 0 bridgehead atoms. The van der Waals surface area contributed by atoms with Crippen LogP contribution in [0.5, 0.6) is 0 Å². The number of rotatable bonds is 0. The third kappa shape index (κ3) is 1.30. The van der Waals surface area contributed by atoms with E-state index in [9.17, 15) is 0 Å². The Balaban J connectivity index is 1.67. The van der Waals surface area contributed by atoms with Gasteiger partial charge in [-0.1, -0.05) is 12.8 Å². The minimum absolute atomic E-state index is 0.494. The fraction of sp³-hybridized carbons (Fsp3) is 1.00. The second kappa shape index (κ2) is 3.67. The first-order valence-electron chi connectivity index (χ1n) is 6.93. The summed E-state index contributed by atoms with van der Waals surface area (Å²) in [5.74, 6) is 3.75. The topological polar surface area (TPSA) is 48.1 Å². The normalized spacial score (nSPS) is 55.5. The first kappa shape index (κ1) is 9.83. The zero-order valence-electron chi connectivity index (χ0n) is 9.71. The molecule has 4 N–H and O–H groups in total. The molecule has 2 heterocycles. The highest BCUT2D eigenvalue weighted by molar-refractivity contribution is 5.03. The van der Waals surface area contributed by atoms with Gasteiger partial charge in [-0.05, 0) is 43.6 Å². The summed E-state index contributed by atoms with van der Waals surface area (Å²) in [5, 5.41) is 3.69. The summed E-state index contributed by atoms with van der Waals surface area (Å²) < 4.78 is 0. The number of piperidine rings is 1. The summed E-state index contributed by atoms with van der Waals surface area (Å²) in [6, 6.07) is 0.681. The minimum Gasteiger partial charge on any atom is -0.300 e. The highest BCUT2D eigenvalue weighted by Crippen LogP contribution is 2.49. The SMILES string of the molecule is C1CC2CCC3NNNC4NCC(C1)C2C34. The quantitative estimate of drug-likeness (QED) is 0.477. The van der Waals surface area contributed by atoms with Crippen LogP contribution >= 0.6 is 0 Å². The molecule has 0 radical (unpaired) electrons. The van der Waals surface area contributed by atoms with Gasteiger partial charge in [0.1, 0.15) is 0 Å². The van der Waals surface area contributed by atoms with E-state index in [2.05, 4.69) is 21.7 Å². The molecule has 2 aliphatic heterocycles. The number of hydrazine groups is 2. The largest absolute Gasteiger partial charge is 0.300 e. The van der Waals surface area contributed by atoms with Crippen LogP contribution in [0.4, 0.5) is 0 Å². The van der Waals surface area contributed by atoms with Gasteiger partial charge in [0, 0.05) is 12.0 Å². The lowest BCUT2D eigenvalue weighted by Crippen LogP contribution is -2.75. The Kier molecular flexibility index (Phi) is 2.25. The predicted molar refractivity (Wildman–Crippen MR) is 62.0 cm³/mol. The Bertz CT molecular complexity index is 230. The van der Waals surface area contributed by atoms with Gasteiger partial charge in [0.05, 0.1) is 6.17 Å². The number of hydrogen-bond donors (Lipinski definition) is 4. The summed E-state index contributed by atoms with van der Waals surface area (Å²) in [6.07, 6.45) is 7.71. The van der Waals surface area contributed by atoms with Gasteiger partial charge in [-0.15, -0.1) is 0 Å². The van der Waals surface area contributed by atoms with Crippen LogP contribution in [0.3, 0.4) is 0 Å². The average Bonchev–Trinajstić information content (AvgIpc) is 2.36. The number of hydrogen-bond acceptors (Lipinski definition) is 4. The van der Waals surface area contributed by atoms with Crippen LogP contribution in [0.2, 0.25) is 0 Å². The van der Waals surface area contributed by atoms with E-state index in [1.54, 1.807) is 0 Å². The van der Waals surface area contributed by atoms with Crippen molar-refractivity contribution >= 4 is 0 Å². The van der Waals surface area contributed by atoms with Crippen molar-refractivity contribution in [1.82, 2.24) is 21.7 Å². The molecule has 6 unspecified atom stereocenters. The second-order valence-corrected chi connectivity index (χ2v) is 6.09. The Labute approximate surface area is 96.9 Å². The molecule has 0 spiro atoms. The van der Waals surface area contributed by atoms with Crippen LogP contribution in [-0.2, 0) is 0 Å². The molecule has 2 aliphatic carbocycles. The summed E-state index contributed by atoms with van der Waals surface area (Å²) in [5.41, 5.74) is 9.95. The van der Waals surface area contributed by atoms with E-state index < -0.39 is 0 Å². The van der Waals surface area contributed by atoms with E-state index >= 15 is 0 Å². The molecule has 4 heteroatoms. The molecule has 6 atom stereocenters. The molecule has 2 saturated heterocycles. The summed E-state index contributed by atoms with van der Waals surface area (Å²) in [4.78, 5) is 0. The average molecular weight is 222 g/mol. The van der Waals surface area contributed by atoms with Crippen LogP contribution in [0, 0.1) is 23.7 Å². The van der Waals surface area contributed by atoms with Crippen molar-refractivity contribution in [1.29, 1.82) is 0 Å². The Morgan fingerprint density at radius 1 is 0.812 bits per heavy atom. The minimum atomic E-state index is 0.494. The molecule has 0 aromatic rings. The fourth-order valence-corrected chi connectivity index (χ4v) is 4.87. The molecule has 4 fully saturated rings. The molecular weight excluding hydrogens is 200 g/mol. The maximum absolute atomic E-state index is 3.69. The molecule has 0 amide bonds. The van der Waals surface area contributed by atoms with E-state index in [-0.39, 0.29) is 0 Å². The van der Waals surface area contributed by atoms with Gasteiger partial charge in [-0.2, -0.15) is 5.53 Å². The van der Waals surface area contributed by atoms with Crippen molar-refractivity contribution in [3.8, 4) is 0 Å². The summed E-state index contributed by atoms with van der Waals surface area (Å²) >= 11 is 0. The van der Waals surface area contributed by atoms with Gasteiger partial charge in [0.25, 0.3) is 0 Å². The Morgan fingerprint density at radius 2 is 1.75 bits per heavy atom. The van der Waals surface area contributed by atoms with Crippen LogP contribution < -0.4 is 21.7 Å². The lowest BCUT2D eigenvalue weighted by atomic mass is 9.57. The van der Waals surface area contributed by atoms with E-state index in [4.69, 9.17) is 0 Å². The standard InChI is InChI=1S/C12H22N4/c1-2-7-4-5-9-11-10(7)8(3-1)6-13-12(11)15-16-14-9/h7-16H,1-6H2. The monoisotopic (exact) mass is 222 g/mol. The zero-order chi connectivity index (χ0) is 10.5. The van der Waals surface area contributed by atoms with Gasteiger partial charge in [-0.25, -0.2) is 10.9 Å². The summed E-state index contributed by atoms with van der Waals surface area (Å²) in [7, 11) is 0. The van der Waals surface area contributed by atoms with Crippen molar-refractivity contribution in [2.24, 2.45) is 23.7 Å². The van der Waals surface area contributed by atoms with Crippen LogP contribution in [0.25, 0.3) is 0 Å². The highest BCUT2D eigenvalue weighted by Gasteiger charge is 2.51. The molecule has 0 aromatic carbocycles. The van der Waals surface area contributed by atoms with Crippen LogP contribution in [0.1, 0.15) is 32.1 Å². The Morgan fingerprint density at radius 3 is 2.75 bits per heavy atom. The summed E-state index contributed by atoms with van der Waals surface area (Å²) in [6.45, 7) is 1.23. The first-order chi connectivity index (χ1) is 7.93. The van der Waals surface area contributed by atoms with E-state index in [0.717, 1.165) is 23.7 Å². The van der Waals surface area contributed by atoms with E-state index in [1.165, 1.54) is 38.6 Å². The molecule has 90 valence electrons. The molecular formula is C12H22N4. The van der Waals surface area contributed by atoms with Crippen molar-refractivity contribution in [3.05, 3.63) is 0 Å². The second-order valence-electron chi connectivity index (χ2n) is 6.09. The van der Waals surface area contributed by atoms with Gasteiger partial charge in [0.2, 0.25) is 0 Å². The molecule has 4 aliphatic rings. The maximum atomic E-state index is 3.69. The lowest BCUT2D eigenvalue weighted by Gasteiger charge is -2.57. The molecule has 0 aromatic heterocycles. The van der Waals surface area contributed by atoms with Crippen molar-refractivity contribution in [2.75, 3.05) is 6.54 Å². The third-order valence-electron chi connectivity index (χ3n) is 5.47. The fourth-order valence-electron chi connectivity index (χ4n) is 4.87. The lowest BCUT2D eigenvalue weighted by molar-refractivity contribution is -0.0607. The van der Waals surface area contributed by atoms with E-state index in [1.807, 2.05) is 0 Å². The Hall–Kier alpha value is -0.160. The van der Waals surface area contributed by atoms with Crippen LogP contribution in [-0.4, -0.2) is 18.8 Å². The van der Waals surface area contributed by atoms with E-state index in [0.29, 0.717) is 12.2 Å². The third-order valence-corrected chi connectivity index (χ3v) is 5.47. The molecule has 4 rings (SSSR count). The predicted octanol–water partition coefficient (Wildman–Crippen LogP) is 0.339. The van der Waals surface area contributed by atoms with Crippen molar-refractivity contribution < 1.29 is 0 Å². The highest BCUT2D eigenvalue weighted by atomic mass is 15.6. The molecule has 4 nitrogen and oxygen atoms in total. The zero-order valence-corrected chi connectivity index (χ0v) is 9.71. The van der Waals surface area contributed by atoms with Gasteiger partial charge < -0.3 is 5.32 Å². The van der Waals surface area contributed by atoms with Crippen molar-refractivity contribution in [3.63, 3.8) is 0 Å². The van der Waals surface area contributed by atoms with Gasteiger partial charge >= 0.3 is 0 Å². The van der Waals surface area contributed by atoms with Gasteiger partial charge in [0.15, 0.2) is 0 Å². The van der Waals surface area contributed by atoms with Gasteiger partial charge in [-0.3, -0.25) is 0 Å². The smallest absolute Gasteiger partial charge is 0.0764 e. The first-order valence-corrected chi connectivity index (χ1v) is 6.93. The molecule has 16 heavy (non-hydrogen) atoms.